The van der Waals surface area contributed by atoms with Crippen LogP contribution < -0.4 is 0 Å². The lowest BCUT2D eigenvalue weighted by molar-refractivity contribution is 0.202. The largest absolute Gasteiger partial charge is 0.508 e. The van der Waals surface area contributed by atoms with Crippen molar-refractivity contribution >= 4 is 0 Å². The Kier molecular flexibility index (Phi) is 4.93. The van der Waals surface area contributed by atoms with Gasteiger partial charge in [-0.2, -0.15) is 0 Å². The van der Waals surface area contributed by atoms with Crippen LogP contribution in [0.2, 0.25) is 0 Å². The highest BCUT2D eigenvalue weighted by atomic mass is 16.3. The van der Waals surface area contributed by atoms with Gasteiger partial charge in [0.25, 0.3) is 0 Å². The molecule has 26 heavy (non-hydrogen) atoms. The molecule has 4 rings (SSSR count). The first-order valence-electron chi connectivity index (χ1n) is 9.06. The molecule has 1 aliphatic heterocycles. The molecule has 0 unspecified atom stereocenters. The number of piperidine rings is 1. The van der Waals surface area contributed by atoms with Crippen LogP contribution in [0.25, 0.3) is 0 Å². The lowest BCUT2D eigenvalue weighted by Crippen LogP contribution is -2.32. The van der Waals surface area contributed by atoms with Crippen molar-refractivity contribution in [3.05, 3.63) is 71.8 Å². The maximum absolute atomic E-state index is 9.67. The van der Waals surface area contributed by atoms with Gasteiger partial charge in [-0.05, 0) is 61.7 Å². The second-order valence-corrected chi connectivity index (χ2v) is 6.87. The minimum atomic E-state index is 0.356. The quantitative estimate of drug-likeness (QED) is 0.767. The van der Waals surface area contributed by atoms with Gasteiger partial charge < -0.3 is 5.11 Å². The van der Waals surface area contributed by atoms with Gasteiger partial charge in [-0.25, -0.2) is 4.68 Å². The summed E-state index contributed by atoms with van der Waals surface area (Å²) in [6.45, 7) is 3.54. The van der Waals surface area contributed by atoms with Crippen molar-refractivity contribution in [2.75, 3.05) is 13.1 Å². The van der Waals surface area contributed by atoms with Gasteiger partial charge in [-0.1, -0.05) is 23.4 Å². The molecule has 0 aliphatic carbocycles. The first-order chi connectivity index (χ1) is 12.8. The van der Waals surface area contributed by atoms with Crippen LogP contribution in [-0.2, 0) is 13.1 Å². The van der Waals surface area contributed by atoms with E-state index >= 15 is 0 Å². The molecule has 1 aliphatic rings. The average molecular weight is 349 g/mol. The highest BCUT2D eigenvalue weighted by molar-refractivity contribution is 5.30. The summed E-state index contributed by atoms with van der Waals surface area (Å²) in [5, 5.41) is 18.2. The molecule has 3 heterocycles. The maximum atomic E-state index is 9.67. The monoisotopic (exact) mass is 349 g/mol. The highest BCUT2D eigenvalue weighted by Crippen LogP contribution is 2.30. The second-order valence-electron chi connectivity index (χ2n) is 6.87. The van der Waals surface area contributed by atoms with Crippen LogP contribution in [0.1, 0.15) is 35.7 Å². The van der Waals surface area contributed by atoms with Crippen molar-refractivity contribution in [3.63, 3.8) is 0 Å². The summed E-state index contributed by atoms with van der Waals surface area (Å²) in [6.07, 6.45) is 6.01. The van der Waals surface area contributed by atoms with Crippen LogP contribution in [0.3, 0.4) is 0 Å². The fourth-order valence-corrected chi connectivity index (χ4v) is 3.58. The van der Waals surface area contributed by atoms with Crippen LogP contribution in [0.4, 0.5) is 0 Å². The fraction of sp³-hybridized carbons (Fsp3) is 0.350. The van der Waals surface area contributed by atoms with Crippen LogP contribution in [0.5, 0.6) is 5.75 Å². The van der Waals surface area contributed by atoms with Crippen molar-refractivity contribution in [2.45, 2.75) is 31.8 Å². The Bertz CT molecular complexity index is 840. The van der Waals surface area contributed by atoms with E-state index in [0.29, 0.717) is 18.2 Å². The standard InChI is InChI=1S/C20H23N5O/c26-20-6-3-4-17(12-20)16-7-10-24(11-8-16)13-19-15-25(23-22-19)14-18-5-1-2-9-21-18/h1-6,9,12,15-16,26H,7-8,10-11,13-14H2. The molecule has 0 radical (unpaired) electrons. The highest BCUT2D eigenvalue weighted by Gasteiger charge is 2.21. The number of phenols is 1. The number of phenolic OH excluding ortho intramolecular Hbond substituents is 1. The molecule has 2 aromatic heterocycles. The fourth-order valence-electron chi connectivity index (χ4n) is 3.58. The first-order valence-corrected chi connectivity index (χ1v) is 9.06. The van der Waals surface area contributed by atoms with E-state index in [2.05, 4.69) is 26.3 Å². The van der Waals surface area contributed by atoms with Crippen molar-refractivity contribution in [1.29, 1.82) is 0 Å². The van der Waals surface area contributed by atoms with Gasteiger partial charge in [-0.15, -0.1) is 5.10 Å². The van der Waals surface area contributed by atoms with Crippen molar-refractivity contribution in [1.82, 2.24) is 24.9 Å². The summed E-state index contributed by atoms with van der Waals surface area (Å²) in [4.78, 5) is 6.75. The van der Waals surface area contributed by atoms with E-state index in [-0.39, 0.29) is 0 Å². The van der Waals surface area contributed by atoms with Gasteiger partial charge >= 0.3 is 0 Å². The van der Waals surface area contributed by atoms with Gasteiger partial charge in [0.05, 0.1) is 24.1 Å². The van der Waals surface area contributed by atoms with E-state index in [1.807, 2.05) is 41.2 Å². The minimum Gasteiger partial charge on any atom is -0.508 e. The molecule has 1 saturated heterocycles. The Morgan fingerprint density at radius 2 is 1.88 bits per heavy atom. The third-order valence-electron chi connectivity index (χ3n) is 4.95. The number of rotatable bonds is 5. The lowest BCUT2D eigenvalue weighted by Gasteiger charge is -2.31. The lowest BCUT2D eigenvalue weighted by atomic mass is 9.89. The average Bonchev–Trinajstić information content (AvgIpc) is 3.10. The zero-order valence-corrected chi connectivity index (χ0v) is 14.7. The summed E-state index contributed by atoms with van der Waals surface area (Å²) in [5.41, 5.74) is 3.22. The minimum absolute atomic E-state index is 0.356. The van der Waals surface area contributed by atoms with Gasteiger partial charge in [0.2, 0.25) is 0 Å². The number of aromatic nitrogens is 4. The van der Waals surface area contributed by atoms with Crippen molar-refractivity contribution < 1.29 is 5.11 Å². The molecule has 0 atom stereocenters. The Balaban J connectivity index is 1.31. The Morgan fingerprint density at radius 1 is 1.00 bits per heavy atom. The molecule has 6 heteroatoms. The zero-order chi connectivity index (χ0) is 17.8. The molecule has 1 fully saturated rings. The van der Waals surface area contributed by atoms with Gasteiger partial charge in [-0.3, -0.25) is 9.88 Å². The van der Waals surface area contributed by atoms with E-state index in [1.54, 1.807) is 12.3 Å². The van der Waals surface area contributed by atoms with E-state index < -0.39 is 0 Å². The molecule has 0 bridgehead atoms. The summed E-state index contributed by atoms with van der Waals surface area (Å²) in [5.74, 6) is 0.882. The van der Waals surface area contributed by atoms with Gasteiger partial charge in [0.1, 0.15) is 5.75 Å². The molecule has 0 amide bonds. The Labute approximate surface area is 153 Å². The number of pyridine rings is 1. The number of likely N-dealkylation sites (tertiary alicyclic amines) is 1. The number of hydrogen-bond donors (Lipinski definition) is 1. The van der Waals surface area contributed by atoms with E-state index in [9.17, 15) is 5.11 Å². The molecule has 1 aromatic carbocycles. The summed E-state index contributed by atoms with van der Waals surface area (Å²) in [6, 6.07) is 13.6. The van der Waals surface area contributed by atoms with Crippen molar-refractivity contribution in [2.24, 2.45) is 0 Å². The molecular formula is C20H23N5O. The SMILES string of the molecule is Oc1cccc(C2CCN(Cc3cn(Cc4ccccn4)nn3)CC2)c1. The third-order valence-corrected chi connectivity index (χ3v) is 4.95. The van der Waals surface area contributed by atoms with Crippen LogP contribution in [-0.4, -0.2) is 43.1 Å². The van der Waals surface area contributed by atoms with E-state index in [0.717, 1.165) is 43.9 Å². The summed E-state index contributed by atoms with van der Waals surface area (Å²) < 4.78 is 1.84. The molecule has 6 nitrogen and oxygen atoms in total. The Hall–Kier alpha value is -2.73. The van der Waals surface area contributed by atoms with E-state index in [1.165, 1.54) is 5.56 Å². The molecule has 1 N–H and O–H groups in total. The van der Waals surface area contributed by atoms with E-state index in [4.69, 9.17) is 0 Å². The predicted molar refractivity (Wildman–Crippen MR) is 98.7 cm³/mol. The van der Waals surface area contributed by atoms with Gasteiger partial charge in [0.15, 0.2) is 0 Å². The number of nitrogens with zero attached hydrogens (tertiary/aromatic N) is 5. The predicted octanol–water partition coefficient (Wildman–Crippen LogP) is 2.81. The van der Waals surface area contributed by atoms with Gasteiger partial charge in [0, 0.05) is 12.7 Å². The van der Waals surface area contributed by atoms with Crippen LogP contribution in [0.15, 0.2) is 54.9 Å². The van der Waals surface area contributed by atoms with Crippen molar-refractivity contribution in [3.8, 4) is 5.75 Å². The molecule has 3 aromatic rings. The van der Waals surface area contributed by atoms with Crippen LogP contribution in [0, 0.1) is 0 Å². The first kappa shape index (κ1) is 16.7. The van der Waals surface area contributed by atoms with Crippen LogP contribution >= 0.6 is 0 Å². The zero-order valence-electron chi connectivity index (χ0n) is 14.7. The maximum Gasteiger partial charge on any atom is 0.115 e. The normalized spacial score (nSPS) is 16.0. The summed E-state index contributed by atoms with van der Waals surface area (Å²) in [7, 11) is 0. The smallest absolute Gasteiger partial charge is 0.115 e. The molecule has 0 spiro atoms. The molecular weight excluding hydrogens is 326 g/mol. The number of hydrogen-bond acceptors (Lipinski definition) is 5. The molecule has 134 valence electrons. The number of aromatic hydroxyl groups is 1. The third kappa shape index (κ3) is 4.08. The second kappa shape index (κ2) is 7.66. The topological polar surface area (TPSA) is 67.1 Å². The molecule has 0 saturated carbocycles. The number of benzene rings is 1. The Morgan fingerprint density at radius 3 is 2.65 bits per heavy atom. The summed E-state index contributed by atoms with van der Waals surface area (Å²) >= 11 is 0.